The summed E-state index contributed by atoms with van der Waals surface area (Å²) in [5, 5.41) is 3.28. The zero-order chi connectivity index (χ0) is 12.3. The minimum absolute atomic E-state index is 0.189. The van der Waals surface area contributed by atoms with E-state index in [0.29, 0.717) is 24.4 Å². The van der Waals surface area contributed by atoms with E-state index in [2.05, 4.69) is 12.2 Å². The van der Waals surface area contributed by atoms with E-state index >= 15 is 0 Å². The van der Waals surface area contributed by atoms with Crippen LogP contribution in [-0.4, -0.2) is 18.5 Å². The quantitative estimate of drug-likeness (QED) is 0.790. The van der Waals surface area contributed by atoms with Gasteiger partial charge in [0.25, 0.3) is 0 Å². The molecular formula is C14H26N2O. The van der Waals surface area contributed by atoms with Crippen LogP contribution in [0.2, 0.25) is 0 Å². The van der Waals surface area contributed by atoms with E-state index in [1.807, 2.05) is 0 Å². The molecule has 1 amide bonds. The summed E-state index contributed by atoms with van der Waals surface area (Å²) in [6, 6.07) is 0.412. The molecule has 2 aliphatic rings. The fraction of sp³-hybridized carbons (Fsp3) is 0.929. The van der Waals surface area contributed by atoms with Crippen LogP contribution in [0.4, 0.5) is 0 Å². The summed E-state index contributed by atoms with van der Waals surface area (Å²) < 4.78 is 0. The Labute approximate surface area is 105 Å². The molecule has 0 aromatic heterocycles. The highest BCUT2D eigenvalue weighted by Gasteiger charge is 2.33. The minimum Gasteiger partial charge on any atom is -0.353 e. The van der Waals surface area contributed by atoms with Gasteiger partial charge in [-0.05, 0) is 44.1 Å². The summed E-state index contributed by atoms with van der Waals surface area (Å²) in [5.41, 5.74) is 5.74. The molecule has 0 radical (unpaired) electrons. The summed E-state index contributed by atoms with van der Waals surface area (Å²) in [4.78, 5) is 12.3. The van der Waals surface area contributed by atoms with Crippen molar-refractivity contribution in [2.45, 2.75) is 57.9 Å². The molecule has 0 aromatic carbocycles. The van der Waals surface area contributed by atoms with Crippen LogP contribution in [0, 0.1) is 17.8 Å². The lowest BCUT2D eigenvalue weighted by molar-refractivity contribution is -0.127. The van der Waals surface area contributed by atoms with Crippen LogP contribution in [0.25, 0.3) is 0 Å². The highest BCUT2D eigenvalue weighted by atomic mass is 16.2. The third-order valence-electron chi connectivity index (χ3n) is 4.74. The summed E-state index contributed by atoms with van der Waals surface area (Å²) in [6.07, 6.45) is 8.34. The zero-order valence-corrected chi connectivity index (χ0v) is 11.0. The molecule has 0 spiro atoms. The maximum atomic E-state index is 12.3. The van der Waals surface area contributed by atoms with E-state index in [1.165, 1.54) is 25.7 Å². The predicted molar refractivity (Wildman–Crippen MR) is 69.4 cm³/mol. The predicted octanol–water partition coefficient (Wildman–Crippen LogP) is 2.06. The average molecular weight is 238 g/mol. The Kier molecular flexibility index (Phi) is 4.43. The van der Waals surface area contributed by atoms with Crippen molar-refractivity contribution in [2.75, 3.05) is 6.54 Å². The van der Waals surface area contributed by atoms with Crippen molar-refractivity contribution in [3.63, 3.8) is 0 Å². The van der Waals surface area contributed by atoms with Crippen molar-refractivity contribution in [3.05, 3.63) is 0 Å². The Morgan fingerprint density at radius 1 is 1.18 bits per heavy atom. The molecule has 0 aliphatic heterocycles. The van der Waals surface area contributed by atoms with Gasteiger partial charge in [0.2, 0.25) is 5.91 Å². The number of carbonyl (C=O) groups is 1. The average Bonchev–Trinajstić information content (AvgIpc) is 2.80. The van der Waals surface area contributed by atoms with E-state index in [9.17, 15) is 4.79 Å². The van der Waals surface area contributed by atoms with Crippen molar-refractivity contribution in [1.82, 2.24) is 5.32 Å². The molecule has 3 nitrogen and oxygen atoms in total. The summed E-state index contributed by atoms with van der Waals surface area (Å²) in [5.74, 6) is 1.53. The second-order valence-corrected chi connectivity index (χ2v) is 5.91. The van der Waals surface area contributed by atoms with Crippen molar-refractivity contribution < 1.29 is 4.79 Å². The topological polar surface area (TPSA) is 55.1 Å². The van der Waals surface area contributed by atoms with Gasteiger partial charge < -0.3 is 11.1 Å². The molecule has 17 heavy (non-hydrogen) atoms. The lowest BCUT2D eigenvalue weighted by atomic mass is 9.85. The normalized spacial score (nSPS) is 38.0. The Morgan fingerprint density at radius 3 is 2.65 bits per heavy atom. The van der Waals surface area contributed by atoms with Gasteiger partial charge in [-0.1, -0.05) is 26.2 Å². The van der Waals surface area contributed by atoms with E-state index in [4.69, 9.17) is 5.73 Å². The van der Waals surface area contributed by atoms with Crippen LogP contribution in [0.5, 0.6) is 0 Å². The number of rotatable bonds is 3. The lowest BCUT2D eigenvalue weighted by Gasteiger charge is -2.31. The van der Waals surface area contributed by atoms with Gasteiger partial charge in [0, 0.05) is 12.0 Å². The Morgan fingerprint density at radius 2 is 1.94 bits per heavy atom. The molecule has 4 unspecified atom stereocenters. The first-order chi connectivity index (χ1) is 8.22. The Hall–Kier alpha value is -0.570. The largest absolute Gasteiger partial charge is 0.353 e. The molecule has 2 saturated carbocycles. The molecular weight excluding hydrogens is 212 g/mol. The van der Waals surface area contributed by atoms with Crippen molar-refractivity contribution in [1.29, 1.82) is 0 Å². The van der Waals surface area contributed by atoms with E-state index < -0.39 is 0 Å². The van der Waals surface area contributed by atoms with Crippen molar-refractivity contribution in [2.24, 2.45) is 23.5 Å². The van der Waals surface area contributed by atoms with E-state index in [1.54, 1.807) is 0 Å². The van der Waals surface area contributed by atoms with Crippen molar-refractivity contribution >= 4 is 5.91 Å². The molecule has 3 heteroatoms. The maximum absolute atomic E-state index is 12.3. The molecule has 2 fully saturated rings. The first-order valence-electron chi connectivity index (χ1n) is 7.22. The molecule has 0 saturated heterocycles. The van der Waals surface area contributed by atoms with E-state index in [0.717, 1.165) is 19.3 Å². The highest BCUT2D eigenvalue weighted by Crippen LogP contribution is 2.32. The van der Waals surface area contributed by atoms with Crippen LogP contribution in [0.3, 0.4) is 0 Å². The van der Waals surface area contributed by atoms with E-state index in [-0.39, 0.29) is 11.8 Å². The molecule has 4 atom stereocenters. The van der Waals surface area contributed by atoms with Crippen LogP contribution in [0.15, 0.2) is 0 Å². The van der Waals surface area contributed by atoms with Crippen LogP contribution >= 0.6 is 0 Å². The number of amides is 1. The first-order valence-corrected chi connectivity index (χ1v) is 7.22. The number of nitrogens with one attached hydrogen (secondary N) is 1. The number of hydrogen-bond acceptors (Lipinski definition) is 2. The summed E-state index contributed by atoms with van der Waals surface area (Å²) in [7, 11) is 0. The first kappa shape index (κ1) is 12.9. The Bertz CT molecular complexity index is 267. The standard InChI is InChI=1S/C14H26N2O/c1-10-5-2-3-8-13(10)16-14(17)12-7-4-6-11(12)9-15/h10-13H,2-9,15H2,1H3,(H,16,17). The molecule has 2 aliphatic carbocycles. The molecule has 98 valence electrons. The van der Waals surface area contributed by atoms with Crippen LogP contribution < -0.4 is 11.1 Å². The molecule has 0 aromatic rings. The van der Waals surface area contributed by atoms with Gasteiger partial charge in [0.15, 0.2) is 0 Å². The zero-order valence-electron chi connectivity index (χ0n) is 11.0. The monoisotopic (exact) mass is 238 g/mol. The summed E-state index contributed by atoms with van der Waals surface area (Å²) in [6.45, 7) is 2.93. The lowest BCUT2D eigenvalue weighted by Crippen LogP contribution is -2.45. The highest BCUT2D eigenvalue weighted by molar-refractivity contribution is 5.79. The summed E-state index contributed by atoms with van der Waals surface area (Å²) >= 11 is 0. The minimum atomic E-state index is 0.189. The van der Waals surface area contributed by atoms with Crippen molar-refractivity contribution in [3.8, 4) is 0 Å². The van der Waals surface area contributed by atoms with Gasteiger partial charge in [-0.2, -0.15) is 0 Å². The molecule has 2 rings (SSSR count). The molecule has 0 bridgehead atoms. The van der Waals surface area contributed by atoms with Gasteiger partial charge in [-0.3, -0.25) is 4.79 Å². The van der Waals surface area contributed by atoms with Crippen LogP contribution in [-0.2, 0) is 4.79 Å². The second kappa shape index (κ2) is 5.85. The fourth-order valence-corrected chi connectivity index (χ4v) is 3.48. The molecule has 3 N–H and O–H groups in total. The van der Waals surface area contributed by atoms with Gasteiger partial charge in [0.05, 0.1) is 0 Å². The maximum Gasteiger partial charge on any atom is 0.223 e. The van der Waals surface area contributed by atoms with Gasteiger partial charge in [-0.15, -0.1) is 0 Å². The third-order valence-corrected chi connectivity index (χ3v) is 4.74. The SMILES string of the molecule is CC1CCCCC1NC(=O)C1CCCC1CN. The number of nitrogens with two attached hydrogens (primary N) is 1. The van der Waals surface area contributed by atoms with Gasteiger partial charge >= 0.3 is 0 Å². The third kappa shape index (κ3) is 3.01. The smallest absolute Gasteiger partial charge is 0.223 e. The fourth-order valence-electron chi connectivity index (χ4n) is 3.48. The number of carbonyl (C=O) groups excluding carboxylic acids is 1. The Balaban J connectivity index is 1.87. The van der Waals surface area contributed by atoms with Gasteiger partial charge in [0.1, 0.15) is 0 Å². The van der Waals surface area contributed by atoms with Crippen LogP contribution in [0.1, 0.15) is 51.9 Å². The second-order valence-electron chi connectivity index (χ2n) is 5.91. The molecule has 0 heterocycles. The number of hydrogen-bond donors (Lipinski definition) is 2. The van der Waals surface area contributed by atoms with Gasteiger partial charge in [-0.25, -0.2) is 0 Å².